The van der Waals surface area contributed by atoms with Crippen molar-refractivity contribution in [3.05, 3.63) is 46.5 Å². The predicted molar refractivity (Wildman–Crippen MR) is 82.5 cm³/mol. The normalized spacial score (nSPS) is 13.1. The van der Waals surface area contributed by atoms with E-state index in [9.17, 15) is 4.79 Å². The molecule has 20 heavy (non-hydrogen) atoms. The van der Waals surface area contributed by atoms with E-state index in [1.54, 1.807) is 12.1 Å². The van der Waals surface area contributed by atoms with Gasteiger partial charge in [-0.05, 0) is 36.4 Å². The minimum atomic E-state index is -0.405. The summed E-state index contributed by atoms with van der Waals surface area (Å²) in [7, 11) is 0. The van der Waals surface area contributed by atoms with Gasteiger partial charge in [-0.2, -0.15) is 0 Å². The molecule has 104 valence electrons. The van der Waals surface area contributed by atoms with Gasteiger partial charge < -0.3 is 16.1 Å². The summed E-state index contributed by atoms with van der Waals surface area (Å²) in [6.45, 7) is 0. The van der Waals surface area contributed by atoms with Crippen LogP contribution in [0.1, 0.15) is 0 Å². The number of benzene rings is 1. The Morgan fingerprint density at radius 3 is 1.85 bits per heavy atom. The zero-order valence-electron chi connectivity index (χ0n) is 9.52. The van der Waals surface area contributed by atoms with Gasteiger partial charge in [0, 0.05) is 0 Å². The predicted octanol–water partition coefficient (Wildman–Crippen LogP) is 0.995. The number of Topliss-reactive ketones (excluding diaryl/α,β-unsaturated/α-hetero) is 1. The summed E-state index contributed by atoms with van der Waals surface area (Å²) >= 11 is 11.4. The molecule has 1 aliphatic carbocycles. The molecule has 0 fully saturated rings. The molecular formula is C12H12Cl2NNaO4. The average Bonchev–Trinajstić information content (AvgIpc) is 2.29. The van der Waals surface area contributed by atoms with E-state index in [1.165, 1.54) is 24.3 Å². The monoisotopic (exact) mass is 327 g/mol. The molecule has 1 aromatic rings. The van der Waals surface area contributed by atoms with Crippen molar-refractivity contribution in [3.63, 3.8) is 0 Å². The second-order valence-corrected chi connectivity index (χ2v) is 4.18. The van der Waals surface area contributed by atoms with E-state index in [0.717, 1.165) is 0 Å². The molecule has 0 heterocycles. The first-order valence-electron chi connectivity index (χ1n) is 4.73. The van der Waals surface area contributed by atoms with Gasteiger partial charge in [0.2, 0.25) is 5.78 Å². The molecule has 0 aliphatic heterocycles. The fourth-order valence-electron chi connectivity index (χ4n) is 1.29. The van der Waals surface area contributed by atoms with Gasteiger partial charge >= 0.3 is 29.6 Å². The Bertz CT molecular complexity index is 543. The van der Waals surface area contributed by atoms with Crippen LogP contribution in [0.5, 0.6) is 5.75 Å². The molecule has 0 atom stereocenters. The summed E-state index contributed by atoms with van der Waals surface area (Å²) in [6, 6.07) is 6.32. The van der Waals surface area contributed by atoms with Crippen molar-refractivity contribution in [2.75, 3.05) is 0 Å². The number of ketones is 1. The molecule has 1 aliphatic rings. The first kappa shape index (κ1) is 21.6. The Morgan fingerprint density at radius 1 is 0.950 bits per heavy atom. The molecule has 8 heteroatoms. The van der Waals surface area contributed by atoms with Crippen LogP contribution in [0.2, 0.25) is 0 Å². The van der Waals surface area contributed by atoms with E-state index >= 15 is 0 Å². The molecule has 1 aromatic carbocycles. The molecule has 0 saturated heterocycles. The van der Waals surface area contributed by atoms with E-state index in [-0.39, 0.29) is 56.3 Å². The average molecular weight is 328 g/mol. The number of rotatable bonds is 1. The van der Waals surface area contributed by atoms with Crippen LogP contribution in [0.4, 0.5) is 5.69 Å². The number of aromatic hydroxyl groups is 1. The van der Waals surface area contributed by atoms with Crippen molar-refractivity contribution in [3.8, 4) is 5.75 Å². The van der Waals surface area contributed by atoms with Gasteiger partial charge in [0.25, 0.3) is 0 Å². The molecule has 0 spiro atoms. The Hall–Kier alpha value is -0.660. The number of carbonyl (C=O) groups is 1. The number of halogens is 2. The molecule has 5 N–H and O–H groups in total. The standard InChI is InChI=1S/C12H7Cl2NO2.Na.2H2O.H/c13-10-5-8(6-11(14)12(10)17)15-7-1-3-9(16)4-2-7;;;;/h1-6,16H;;2*1H2;. The SMILES string of the molecule is O.O.O=C1C(Cl)=CC(=Nc2ccc(O)cc2)C=C1Cl.[NaH]. The van der Waals surface area contributed by atoms with E-state index in [0.29, 0.717) is 11.4 Å². The summed E-state index contributed by atoms with van der Waals surface area (Å²) in [5.41, 5.74) is 1.12. The second-order valence-electron chi connectivity index (χ2n) is 3.37. The van der Waals surface area contributed by atoms with Gasteiger partial charge in [0.15, 0.2) is 0 Å². The van der Waals surface area contributed by atoms with Crippen LogP contribution in [0.15, 0.2) is 51.5 Å². The third-order valence-electron chi connectivity index (χ3n) is 2.09. The molecule has 5 nitrogen and oxygen atoms in total. The summed E-state index contributed by atoms with van der Waals surface area (Å²) in [5.74, 6) is -0.243. The molecule has 0 saturated carbocycles. The Kier molecular flexibility index (Phi) is 10.1. The topological polar surface area (TPSA) is 113 Å². The van der Waals surface area contributed by atoms with E-state index in [4.69, 9.17) is 28.3 Å². The molecule has 2 rings (SSSR count). The van der Waals surface area contributed by atoms with Gasteiger partial charge in [0.05, 0.1) is 21.5 Å². The first-order valence-corrected chi connectivity index (χ1v) is 5.48. The van der Waals surface area contributed by atoms with Gasteiger partial charge in [-0.15, -0.1) is 0 Å². The second kappa shape index (κ2) is 9.31. The summed E-state index contributed by atoms with van der Waals surface area (Å²) in [6.07, 6.45) is 2.89. The van der Waals surface area contributed by atoms with E-state index in [2.05, 4.69) is 4.99 Å². The van der Waals surface area contributed by atoms with E-state index < -0.39 is 5.78 Å². The van der Waals surface area contributed by atoms with Crippen LogP contribution >= 0.6 is 23.2 Å². The molecule has 0 bridgehead atoms. The number of nitrogens with zero attached hydrogens (tertiary/aromatic N) is 1. The number of carbonyl (C=O) groups excluding carboxylic acids is 1. The van der Waals surface area contributed by atoms with Gasteiger partial charge in [-0.3, -0.25) is 4.79 Å². The maximum atomic E-state index is 11.3. The van der Waals surface area contributed by atoms with Crippen LogP contribution in [0.3, 0.4) is 0 Å². The number of aliphatic imine (C=N–C) groups is 1. The fourth-order valence-corrected chi connectivity index (χ4v) is 1.76. The van der Waals surface area contributed by atoms with Crippen LogP contribution in [-0.4, -0.2) is 57.1 Å². The van der Waals surface area contributed by atoms with Gasteiger partial charge in [-0.25, -0.2) is 4.99 Å². The molecule has 0 radical (unpaired) electrons. The zero-order chi connectivity index (χ0) is 12.4. The van der Waals surface area contributed by atoms with Gasteiger partial charge in [0.1, 0.15) is 5.75 Å². The Balaban J connectivity index is 0. The van der Waals surface area contributed by atoms with Gasteiger partial charge in [-0.1, -0.05) is 23.2 Å². The van der Waals surface area contributed by atoms with Crippen molar-refractivity contribution in [1.29, 1.82) is 0 Å². The summed E-state index contributed by atoms with van der Waals surface area (Å²) in [4.78, 5) is 15.5. The van der Waals surface area contributed by atoms with Crippen molar-refractivity contribution < 1.29 is 20.9 Å². The fraction of sp³-hybridized carbons (Fsp3) is 0. The number of hydrogen-bond donors (Lipinski definition) is 1. The third kappa shape index (κ3) is 5.38. The molecule has 0 amide bonds. The number of hydrogen-bond acceptors (Lipinski definition) is 3. The van der Waals surface area contributed by atoms with E-state index in [1.807, 2.05) is 0 Å². The Labute approximate surface area is 147 Å². The van der Waals surface area contributed by atoms with Crippen LogP contribution in [-0.2, 0) is 4.79 Å². The van der Waals surface area contributed by atoms with Crippen LogP contribution in [0.25, 0.3) is 0 Å². The summed E-state index contributed by atoms with van der Waals surface area (Å²) < 4.78 is 0. The number of allylic oxidation sites excluding steroid dienone is 4. The van der Waals surface area contributed by atoms with Crippen LogP contribution < -0.4 is 0 Å². The van der Waals surface area contributed by atoms with Crippen LogP contribution in [0, 0.1) is 0 Å². The minimum absolute atomic E-state index is 0. The zero-order valence-corrected chi connectivity index (χ0v) is 11.0. The molecular weight excluding hydrogens is 316 g/mol. The number of phenolic OH excluding ortho intramolecular Hbond substituents is 1. The maximum absolute atomic E-state index is 11.3. The Morgan fingerprint density at radius 2 is 1.40 bits per heavy atom. The van der Waals surface area contributed by atoms with Crippen molar-refractivity contribution in [2.24, 2.45) is 4.99 Å². The van der Waals surface area contributed by atoms with Crippen molar-refractivity contribution in [1.82, 2.24) is 0 Å². The van der Waals surface area contributed by atoms with Crippen molar-refractivity contribution in [2.45, 2.75) is 0 Å². The quantitative estimate of drug-likeness (QED) is 0.612. The molecule has 0 unspecified atom stereocenters. The number of phenols is 1. The molecule has 0 aromatic heterocycles. The summed E-state index contributed by atoms with van der Waals surface area (Å²) in [5, 5.41) is 9.20. The third-order valence-corrected chi connectivity index (χ3v) is 2.65. The first-order chi connectivity index (χ1) is 8.06. The van der Waals surface area contributed by atoms with Crippen molar-refractivity contribution >= 4 is 69.9 Å².